The van der Waals surface area contributed by atoms with E-state index in [1.54, 1.807) is 18.3 Å². The number of aromatic nitrogens is 1. The van der Waals surface area contributed by atoms with E-state index < -0.39 is 0 Å². The van der Waals surface area contributed by atoms with Crippen LogP contribution in [0.1, 0.15) is 29.6 Å². The molecule has 1 aromatic rings. The Balaban J connectivity index is 1.77. The topological polar surface area (TPSA) is 42.4 Å². The van der Waals surface area contributed by atoms with Crippen molar-refractivity contribution >= 4 is 29.3 Å². The summed E-state index contributed by atoms with van der Waals surface area (Å²) in [6.07, 6.45) is 4.95. The smallest absolute Gasteiger partial charge is 0.254 e. The van der Waals surface area contributed by atoms with E-state index in [1.165, 1.54) is 0 Å². The molecule has 3 heterocycles. The summed E-state index contributed by atoms with van der Waals surface area (Å²) in [5, 5.41) is 0.360. The quantitative estimate of drug-likeness (QED) is 0.798. The fourth-order valence-electron chi connectivity index (χ4n) is 2.87. The molecule has 0 spiro atoms. The van der Waals surface area contributed by atoms with E-state index in [-0.39, 0.29) is 12.0 Å². The van der Waals surface area contributed by atoms with Crippen LogP contribution in [0.15, 0.2) is 18.3 Å². The molecule has 2 fully saturated rings. The van der Waals surface area contributed by atoms with Gasteiger partial charge in [0.2, 0.25) is 0 Å². The van der Waals surface area contributed by atoms with E-state index in [1.807, 2.05) is 16.7 Å². The lowest BCUT2D eigenvalue weighted by Crippen LogP contribution is -2.44. The molecular formula is C15H19ClN2O2S. The molecule has 0 aliphatic carbocycles. The zero-order valence-electron chi connectivity index (χ0n) is 11.8. The number of rotatable bonds is 4. The summed E-state index contributed by atoms with van der Waals surface area (Å²) in [6, 6.07) is 3.69. The Morgan fingerprint density at radius 2 is 2.43 bits per heavy atom. The summed E-state index contributed by atoms with van der Waals surface area (Å²) in [4.78, 5) is 18.8. The van der Waals surface area contributed by atoms with Gasteiger partial charge in [-0.3, -0.25) is 4.79 Å². The highest BCUT2D eigenvalue weighted by Crippen LogP contribution is 2.26. The van der Waals surface area contributed by atoms with E-state index in [0.29, 0.717) is 23.3 Å². The Morgan fingerprint density at radius 1 is 1.52 bits per heavy atom. The fraction of sp³-hybridized carbons (Fsp3) is 0.600. The average Bonchev–Trinajstić information content (AvgIpc) is 3.17. The van der Waals surface area contributed by atoms with Crippen LogP contribution in [-0.2, 0) is 4.74 Å². The van der Waals surface area contributed by atoms with Crippen LogP contribution in [0, 0.1) is 0 Å². The normalized spacial score (nSPS) is 25.2. The van der Waals surface area contributed by atoms with Gasteiger partial charge in [-0.15, -0.1) is 0 Å². The van der Waals surface area contributed by atoms with Gasteiger partial charge in [0.25, 0.3) is 5.91 Å². The zero-order chi connectivity index (χ0) is 14.7. The molecule has 2 saturated heterocycles. The van der Waals surface area contributed by atoms with Crippen molar-refractivity contribution < 1.29 is 9.53 Å². The Labute approximate surface area is 134 Å². The summed E-state index contributed by atoms with van der Waals surface area (Å²) in [5.41, 5.74) is 0.616. The van der Waals surface area contributed by atoms with Gasteiger partial charge < -0.3 is 9.64 Å². The molecule has 2 unspecified atom stereocenters. The van der Waals surface area contributed by atoms with Crippen LogP contribution in [0.3, 0.4) is 0 Å². The van der Waals surface area contributed by atoms with Crippen molar-refractivity contribution in [2.24, 2.45) is 0 Å². The number of carbonyl (C=O) groups is 1. The highest BCUT2D eigenvalue weighted by molar-refractivity contribution is 7.99. The fourth-order valence-corrected chi connectivity index (χ4v) is 4.27. The standard InChI is InChI=1S/C15H19ClN2O2S/c16-14-8-11(3-5-17-14)15(19)18(12-4-7-21-10-12)9-13-2-1-6-20-13/h3,5,8,12-13H,1-2,4,6-7,9-10H2. The second kappa shape index (κ2) is 6.99. The van der Waals surface area contributed by atoms with Crippen molar-refractivity contribution in [2.45, 2.75) is 31.4 Å². The number of carbonyl (C=O) groups excluding carboxylic acids is 1. The number of ether oxygens (including phenoxy) is 1. The molecule has 0 saturated carbocycles. The lowest BCUT2D eigenvalue weighted by molar-refractivity contribution is 0.0441. The first kappa shape index (κ1) is 15.1. The van der Waals surface area contributed by atoms with Crippen LogP contribution in [-0.4, -0.2) is 52.6 Å². The van der Waals surface area contributed by atoms with Crippen molar-refractivity contribution in [3.05, 3.63) is 29.0 Å². The molecule has 0 bridgehead atoms. The lowest BCUT2D eigenvalue weighted by Gasteiger charge is -2.30. The van der Waals surface area contributed by atoms with Crippen LogP contribution in [0.2, 0.25) is 5.15 Å². The predicted molar refractivity (Wildman–Crippen MR) is 85.0 cm³/mol. The molecular weight excluding hydrogens is 308 g/mol. The van der Waals surface area contributed by atoms with Gasteiger partial charge in [-0.05, 0) is 37.1 Å². The summed E-state index contributed by atoms with van der Waals surface area (Å²) in [6.45, 7) is 1.50. The average molecular weight is 327 g/mol. The van der Waals surface area contributed by atoms with Crippen LogP contribution in [0.25, 0.3) is 0 Å². The largest absolute Gasteiger partial charge is 0.376 e. The first-order chi connectivity index (χ1) is 10.2. The Bertz CT molecular complexity index is 502. The number of halogens is 1. The molecule has 3 rings (SSSR count). The molecule has 6 heteroatoms. The van der Waals surface area contributed by atoms with Crippen LogP contribution in [0.5, 0.6) is 0 Å². The third kappa shape index (κ3) is 3.71. The van der Waals surface area contributed by atoms with Crippen molar-refractivity contribution in [1.82, 2.24) is 9.88 Å². The molecule has 1 amide bonds. The Kier molecular flexibility index (Phi) is 5.03. The number of amides is 1. The maximum atomic E-state index is 12.8. The van der Waals surface area contributed by atoms with Crippen LogP contribution >= 0.6 is 23.4 Å². The first-order valence-electron chi connectivity index (χ1n) is 7.36. The Morgan fingerprint density at radius 3 is 3.10 bits per heavy atom. The second-order valence-electron chi connectivity index (χ2n) is 5.48. The van der Waals surface area contributed by atoms with Gasteiger partial charge in [-0.2, -0.15) is 11.8 Å². The second-order valence-corrected chi connectivity index (χ2v) is 7.01. The molecule has 0 radical (unpaired) electrons. The maximum absolute atomic E-state index is 12.8. The highest BCUT2D eigenvalue weighted by Gasteiger charge is 2.31. The monoisotopic (exact) mass is 326 g/mol. The zero-order valence-corrected chi connectivity index (χ0v) is 13.4. The number of hydrogen-bond donors (Lipinski definition) is 0. The molecule has 2 aliphatic rings. The van der Waals surface area contributed by atoms with Gasteiger partial charge in [-0.25, -0.2) is 4.98 Å². The lowest BCUT2D eigenvalue weighted by atomic mass is 10.1. The summed E-state index contributed by atoms with van der Waals surface area (Å²) < 4.78 is 5.71. The molecule has 0 aromatic carbocycles. The van der Waals surface area contributed by atoms with Crippen molar-refractivity contribution in [2.75, 3.05) is 24.7 Å². The molecule has 4 nitrogen and oxygen atoms in total. The van der Waals surface area contributed by atoms with E-state index in [2.05, 4.69) is 4.98 Å². The molecule has 2 aliphatic heterocycles. The summed E-state index contributed by atoms with van der Waals surface area (Å²) >= 11 is 7.82. The Hall–Kier alpha value is -0.780. The summed E-state index contributed by atoms with van der Waals surface area (Å²) in [7, 11) is 0. The molecule has 0 N–H and O–H groups in total. The SMILES string of the molecule is O=C(c1ccnc(Cl)c1)N(CC1CCCO1)C1CCSC1. The van der Waals surface area contributed by atoms with Gasteiger partial charge in [0.15, 0.2) is 0 Å². The third-order valence-corrected chi connectivity index (χ3v) is 5.36. The predicted octanol–water partition coefficient (Wildman–Crippen LogP) is 2.86. The van der Waals surface area contributed by atoms with Gasteiger partial charge in [0.05, 0.1) is 6.10 Å². The number of nitrogens with zero attached hydrogens (tertiary/aromatic N) is 2. The van der Waals surface area contributed by atoms with Crippen LogP contribution in [0.4, 0.5) is 0 Å². The minimum Gasteiger partial charge on any atom is -0.376 e. The molecule has 1 aromatic heterocycles. The highest BCUT2D eigenvalue weighted by atomic mass is 35.5. The summed E-state index contributed by atoms with van der Waals surface area (Å²) in [5.74, 6) is 2.18. The van der Waals surface area contributed by atoms with Gasteiger partial charge >= 0.3 is 0 Å². The third-order valence-electron chi connectivity index (χ3n) is 4.01. The minimum atomic E-state index is 0.0438. The maximum Gasteiger partial charge on any atom is 0.254 e. The van der Waals surface area contributed by atoms with Crippen molar-refractivity contribution in [1.29, 1.82) is 0 Å². The van der Waals surface area contributed by atoms with Gasteiger partial charge in [-0.1, -0.05) is 11.6 Å². The minimum absolute atomic E-state index is 0.0438. The van der Waals surface area contributed by atoms with E-state index in [4.69, 9.17) is 16.3 Å². The number of pyridine rings is 1. The number of thioether (sulfide) groups is 1. The van der Waals surface area contributed by atoms with E-state index >= 15 is 0 Å². The van der Waals surface area contributed by atoms with Gasteiger partial charge in [0.1, 0.15) is 5.15 Å². The van der Waals surface area contributed by atoms with E-state index in [0.717, 1.165) is 37.4 Å². The van der Waals surface area contributed by atoms with Crippen LogP contribution < -0.4 is 0 Å². The molecule has 21 heavy (non-hydrogen) atoms. The van der Waals surface area contributed by atoms with Crippen molar-refractivity contribution in [3.8, 4) is 0 Å². The molecule has 2 atom stereocenters. The van der Waals surface area contributed by atoms with Crippen molar-refractivity contribution in [3.63, 3.8) is 0 Å². The van der Waals surface area contributed by atoms with Gasteiger partial charge in [0, 0.05) is 36.7 Å². The molecule has 114 valence electrons. The first-order valence-corrected chi connectivity index (χ1v) is 8.89. The van der Waals surface area contributed by atoms with E-state index in [9.17, 15) is 4.79 Å². The number of hydrogen-bond acceptors (Lipinski definition) is 4.